The van der Waals surface area contributed by atoms with Crippen molar-refractivity contribution in [3.8, 4) is 0 Å². The molecular weight excluding hydrogens is 184 g/mol. The summed E-state index contributed by atoms with van der Waals surface area (Å²) in [4.78, 5) is 0. The van der Waals surface area contributed by atoms with E-state index in [1.807, 2.05) is 0 Å². The maximum absolute atomic E-state index is 10.0. The van der Waals surface area contributed by atoms with Crippen LogP contribution in [0.5, 0.6) is 0 Å². The van der Waals surface area contributed by atoms with E-state index in [9.17, 15) is 5.11 Å². The van der Waals surface area contributed by atoms with E-state index in [-0.39, 0.29) is 6.10 Å². The van der Waals surface area contributed by atoms with Gasteiger partial charge < -0.3 is 5.11 Å². The van der Waals surface area contributed by atoms with Gasteiger partial charge in [0, 0.05) is 0 Å². The number of hydrogen-bond donors (Lipinski definition) is 1. The molecule has 90 valence electrons. The minimum Gasteiger partial charge on any atom is -0.393 e. The maximum atomic E-state index is 10.0. The minimum absolute atomic E-state index is 0.0182. The molecule has 0 aliphatic heterocycles. The van der Waals surface area contributed by atoms with Crippen molar-refractivity contribution in [2.24, 2.45) is 11.8 Å². The van der Waals surface area contributed by atoms with Crippen molar-refractivity contribution in [2.75, 3.05) is 0 Å². The molecule has 1 rings (SSSR count). The van der Waals surface area contributed by atoms with Crippen LogP contribution in [0.3, 0.4) is 0 Å². The standard InChI is InChI=1S/C14H28O/c1-3-6-12-8-5-9-13(11-10-12)14(15)7-4-2/h12-15H,3-11H2,1-2H3. The van der Waals surface area contributed by atoms with Crippen LogP contribution in [-0.4, -0.2) is 11.2 Å². The Kier molecular flexibility index (Phi) is 6.31. The Bertz CT molecular complexity index is 155. The summed E-state index contributed by atoms with van der Waals surface area (Å²) in [7, 11) is 0. The van der Waals surface area contributed by atoms with Crippen LogP contribution in [0.1, 0.15) is 71.6 Å². The molecule has 3 unspecified atom stereocenters. The highest BCUT2D eigenvalue weighted by Gasteiger charge is 2.23. The molecule has 1 aliphatic carbocycles. The predicted molar refractivity (Wildman–Crippen MR) is 65.9 cm³/mol. The first-order valence-electron chi connectivity index (χ1n) is 6.96. The average molecular weight is 212 g/mol. The molecule has 1 fully saturated rings. The van der Waals surface area contributed by atoms with E-state index in [2.05, 4.69) is 13.8 Å². The number of aliphatic hydroxyl groups excluding tert-OH is 1. The zero-order valence-corrected chi connectivity index (χ0v) is 10.5. The van der Waals surface area contributed by atoms with Crippen LogP contribution >= 0.6 is 0 Å². The second-order valence-corrected chi connectivity index (χ2v) is 5.28. The molecule has 0 spiro atoms. The van der Waals surface area contributed by atoms with Crippen molar-refractivity contribution in [3.63, 3.8) is 0 Å². The van der Waals surface area contributed by atoms with Gasteiger partial charge in [-0.2, -0.15) is 0 Å². The van der Waals surface area contributed by atoms with Crippen LogP contribution in [0.4, 0.5) is 0 Å². The van der Waals surface area contributed by atoms with Crippen LogP contribution in [0.25, 0.3) is 0 Å². The lowest BCUT2D eigenvalue weighted by molar-refractivity contribution is 0.0887. The van der Waals surface area contributed by atoms with Gasteiger partial charge in [0.05, 0.1) is 6.10 Å². The Morgan fingerprint density at radius 3 is 2.53 bits per heavy atom. The molecule has 0 saturated heterocycles. The molecular formula is C14H28O. The highest BCUT2D eigenvalue weighted by molar-refractivity contribution is 4.75. The van der Waals surface area contributed by atoms with E-state index < -0.39 is 0 Å². The zero-order chi connectivity index (χ0) is 11.1. The van der Waals surface area contributed by atoms with Gasteiger partial charge in [0.15, 0.2) is 0 Å². The van der Waals surface area contributed by atoms with Gasteiger partial charge in [-0.15, -0.1) is 0 Å². The van der Waals surface area contributed by atoms with Crippen LogP contribution in [0.2, 0.25) is 0 Å². The molecule has 0 aromatic carbocycles. The molecule has 1 nitrogen and oxygen atoms in total. The van der Waals surface area contributed by atoms with Crippen molar-refractivity contribution in [1.82, 2.24) is 0 Å². The fraction of sp³-hybridized carbons (Fsp3) is 1.00. The Morgan fingerprint density at radius 1 is 1.07 bits per heavy atom. The first-order chi connectivity index (χ1) is 7.27. The summed E-state index contributed by atoms with van der Waals surface area (Å²) in [5, 5.41) is 10.0. The summed E-state index contributed by atoms with van der Waals surface area (Å²) < 4.78 is 0. The summed E-state index contributed by atoms with van der Waals surface area (Å²) in [5.41, 5.74) is 0. The normalized spacial score (nSPS) is 29.8. The molecule has 1 saturated carbocycles. The van der Waals surface area contributed by atoms with Crippen LogP contribution in [0.15, 0.2) is 0 Å². The topological polar surface area (TPSA) is 20.2 Å². The Labute approximate surface area is 95.3 Å². The molecule has 0 aromatic heterocycles. The van der Waals surface area contributed by atoms with Gasteiger partial charge in [-0.1, -0.05) is 52.4 Å². The third kappa shape index (κ3) is 4.55. The van der Waals surface area contributed by atoms with E-state index in [0.29, 0.717) is 5.92 Å². The summed E-state index contributed by atoms with van der Waals surface area (Å²) >= 11 is 0. The van der Waals surface area contributed by atoms with Crippen LogP contribution < -0.4 is 0 Å². The van der Waals surface area contributed by atoms with Gasteiger partial charge in [-0.3, -0.25) is 0 Å². The Morgan fingerprint density at radius 2 is 1.87 bits per heavy atom. The van der Waals surface area contributed by atoms with Crippen molar-refractivity contribution >= 4 is 0 Å². The third-order valence-corrected chi connectivity index (χ3v) is 3.96. The minimum atomic E-state index is -0.0182. The molecule has 0 aromatic rings. The second-order valence-electron chi connectivity index (χ2n) is 5.28. The van der Waals surface area contributed by atoms with Crippen molar-refractivity contribution < 1.29 is 5.11 Å². The van der Waals surface area contributed by atoms with Gasteiger partial charge in [0.25, 0.3) is 0 Å². The first kappa shape index (κ1) is 13.0. The molecule has 1 N–H and O–H groups in total. The number of hydrogen-bond acceptors (Lipinski definition) is 1. The van der Waals surface area contributed by atoms with E-state index in [0.717, 1.165) is 18.8 Å². The molecule has 15 heavy (non-hydrogen) atoms. The predicted octanol–water partition coefficient (Wildman–Crippen LogP) is 4.14. The lowest BCUT2D eigenvalue weighted by Crippen LogP contribution is -2.19. The number of aliphatic hydroxyl groups is 1. The summed E-state index contributed by atoms with van der Waals surface area (Å²) in [5.74, 6) is 1.56. The summed E-state index contributed by atoms with van der Waals surface area (Å²) in [6.45, 7) is 4.45. The number of rotatable bonds is 5. The molecule has 0 bridgehead atoms. The van der Waals surface area contributed by atoms with E-state index in [1.54, 1.807) is 0 Å². The highest BCUT2D eigenvalue weighted by Crippen LogP contribution is 2.32. The Hall–Kier alpha value is -0.0400. The quantitative estimate of drug-likeness (QED) is 0.679. The van der Waals surface area contributed by atoms with Gasteiger partial charge in [0.2, 0.25) is 0 Å². The van der Waals surface area contributed by atoms with Crippen molar-refractivity contribution in [1.29, 1.82) is 0 Å². The van der Waals surface area contributed by atoms with Crippen molar-refractivity contribution in [2.45, 2.75) is 77.7 Å². The first-order valence-corrected chi connectivity index (χ1v) is 6.96. The molecule has 0 amide bonds. The second kappa shape index (κ2) is 7.27. The van der Waals surface area contributed by atoms with Crippen LogP contribution in [-0.2, 0) is 0 Å². The van der Waals surface area contributed by atoms with Gasteiger partial charge >= 0.3 is 0 Å². The molecule has 0 radical (unpaired) electrons. The Balaban J connectivity index is 2.31. The van der Waals surface area contributed by atoms with E-state index >= 15 is 0 Å². The maximum Gasteiger partial charge on any atom is 0.0568 e. The van der Waals surface area contributed by atoms with Crippen LogP contribution in [0, 0.1) is 11.8 Å². The van der Waals surface area contributed by atoms with Crippen molar-refractivity contribution in [3.05, 3.63) is 0 Å². The fourth-order valence-corrected chi connectivity index (χ4v) is 3.02. The lowest BCUT2D eigenvalue weighted by atomic mass is 9.90. The zero-order valence-electron chi connectivity index (χ0n) is 10.5. The molecule has 0 heterocycles. The molecule has 1 heteroatoms. The fourth-order valence-electron chi connectivity index (χ4n) is 3.02. The smallest absolute Gasteiger partial charge is 0.0568 e. The molecule has 3 atom stereocenters. The third-order valence-electron chi connectivity index (χ3n) is 3.96. The summed E-state index contributed by atoms with van der Waals surface area (Å²) in [6.07, 6.45) is 11.5. The SMILES string of the molecule is CCCC1CCCC(C(O)CCC)CC1. The average Bonchev–Trinajstić information content (AvgIpc) is 2.44. The summed E-state index contributed by atoms with van der Waals surface area (Å²) in [6, 6.07) is 0. The lowest BCUT2D eigenvalue weighted by Gasteiger charge is -2.20. The monoisotopic (exact) mass is 212 g/mol. The largest absolute Gasteiger partial charge is 0.393 e. The van der Waals surface area contributed by atoms with Gasteiger partial charge in [-0.05, 0) is 31.1 Å². The van der Waals surface area contributed by atoms with E-state index in [1.165, 1.54) is 44.9 Å². The van der Waals surface area contributed by atoms with Gasteiger partial charge in [-0.25, -0.2) is 0 Å². The van der Waals surface area contributed by atoms with Gasteiger partial charge in [0.1, 0.15) is 0 Å². The highest BCUT2D eigenvalue weighted by atomic mass is 16.3. The van der Waals surface area contributed by atoms with E-state index in [4.69, 9.17) is 0 Å². The molecule has 1 aliphatic rings.